The average Bonchev–Trinajstić information content (AvgIpc) is 2.92. The first-order chi connectivity index (χ1) is 8.25. The van der Waals surface area contributed by atoms with Crippen molar-refractivity contribution in [2.45, 2.75) is 39.3 Å². The van der Waals surface area contributed by atoms with Crippen molar-refractivity contribution in [3.05, 3.63) is 17.0 Å². The van der Waals surface area contributed by atoms with Gasteiger partial charge < -0.3 is 9.80 Å². The van der Waals surface area contributed by atoms with E-state index in [1.807, 2.05) is 16.7 Å². The third kappa shape index (κ3) is 1.79. The van der Waals surface area contributed by atoms with Gasteiger partial charge in [-0.3, -0.25) is 5.10 Å². The lowest BCUT2D eigenvalue weighted by Gasteiger charge is -2.30. The Balaban J connectivity index is 1.69. The number of carbonyl (C=O) groups excluding carboxylic acids is 1. The van der Waals surface area contributed by atoms with E-state index < -0.39 is 0 Å². The zero-order chi connectivity index (χ0) is 11.8. The number of hydrogen-bond acceptors (Lipinski definition) is 2. The molecule has 5 nitrogen and oxygen atoms in total. The summed E-state index contributed by atoms with van der Waals surface area (Å²) < 4.78 is 0. The van der Waals surface area contributed by atoms with Crippen LogP contribution in [0.15, 0.2) is 0 Å². The molecule has 0 aliphatic carbocycles. The predicted octanol–water partition coefficient (Wildman–Crippen LogP) is 1.64. The van der Waals surface area contributed by atoms with Gasteiger partial charge in [0.1, 0.15) is 0 Å². The van der Waals surface area contributed by atoms with Crippen molar-refractivity contribution in [1.29, 1.82) is 0 Å². The van der Waals surface area contributed by atoms with Crippen LogP contribution in [0.3, 0.4) is 0 Å². The number of aromatic amines is 1. The van der Waals surface area contributed by atoms with Crippen molar-refractivity contribution < 1.29 is 4.79 Å². The number of hydrogen-bond donors (Lipinski definition) is 1. The van der Waals surface area contributed by atoms with Crippen LogP contribution in [0.5, 0.6) is 0 Å². The van der Waals surface area contributed by atoms with Crippen molar-refractivity contribution in [3.8, 4) is 0 Å². The van der Waals surface area contributed by atoms with Gasteiger partial charge in [0, 0.05) is 24.3 Å². The number of nitrogens with zero attached hydrogens (tertiary/aromatic N) is 3. The molecule has 1 N–H and O–H groups in total. The Morgan fingerprint density at radius 3 is 2.65 bits per heavy atom. The molecule has 1 aromatic heterocycles. The van der Waals surface area contributed by atoms with Crippen molar-refractivity contribution in [2.24, 2.45) is 0 Å². The highest BCUT2D eigenvalue weighted by Crippen LogP contribution is 2.25. The molecule has 2 amide bonds. The molecule has 1 aromatic rings. The Kier molecular flexibility index (Phi) is 2.53. The minimum absolute atomic E-state index is 0.183. The van der Waals surface area contributed by atoms with E-state index in [1.165, 1.54) is 12.0 Å². The fourth-order valence-electron chi connectivity index (χ4n) is 2.69. The highest BCUT2D eigenvalue weighted by atomic mass is 16.2. The third-order valence-electron chi connectivity index (χ3n) is 3.75. The first-order valence-corrected chi connectivity index (χ1v) is 6.32. The van der Waals surface area contributed by atoms with Gasteiger partial charge >= 0.3 is 6.03 Å². The molecule has 1 saturated heterocycles. The van der Waals surface area contributed by atoms with E-state index in [0.717, 1.165) is 37.3 Å². The van der Waals surface area contributed by atoms with Gasteiger partial charge in [-0.2, -0.15) is 5.10 Å². The zero-order valence-corrected chi connectivity index (χ0v) is 10.2. The van der Waals surface area contributed by atoms with Crippen LogP contribution in [0.25, 0.3) is 0 Å². The van der Waals surface area contributed by atoms with E-state index in [-0.39, 0.29) is 6.03 Å². The van der Waals surface area contributed by atoms with Gasteiger partial charge in [-0.15, -0.1) is 0 Å². The van der Waals surface area contributed by atoms with Gasteiger partial charge in [0.05, 0.1) is 18.8 Å². The van der Waals surface area contributed by atoms with E-state index in [4.69, 9.17) is 0 Å². The van der Waals surface area contributed by atoms with Gasteiger partial charge in [0.15, 0.2) is 0 Å². The summed E-state index contributed by atoms with van der Waals surface area (Å²) in [4.78, 5) is 16.2. The Morgan fingerprint density at radius 2 is 1.94 bits per heavy atom. The Bertz CT molecular complexity index is 434. The molecule has 2 aliphatic heterocycles. The maximum absolute atomic E-state index is 12.3. The number of aryl methyl sites for hydroxylation is 1. The third-order valence-corrected chi connectivity index (χ3v) is 3.75. The Hall–Kier alpha value is -1.52. The lowest BCUT2D eigenvalue weighted by Crippen LogP contribution is -2.43. The maximum atomic E-state index is 12.3. The van der Waals surface area contributed by atoms with Crippen LogP contribution in [0.4, 0.5) is 4.79 Å². The molecule has 0 atom stereocenters. The number of H-pyrrole nitrogens is 1. The second kappa shape index (κ2) is 4.05. The molecule has 5 heteroatoms. The minimum atomic E-state index is 0.183. The Labute approximate surface area is 101 Å². The summed E-state index contributed by atoms with van der Waals surface area (Å²) in [6, 6.07) is 0.183. The normalized spacial score (nSPS) is 19.6. The van der Waals surface area contributed by atoms with Gasteiger partial charge in [-0.1, -0.05) is 0 Å². The molecule has 0 saturated carbocycles. The second-order valence-electron chi connectivity index (χ2n) is 4.96. The minimum Gasteiger partial charge on any atom is -0.325 e. The highest BCUT2D eigenvalue weighted by Gasteiger charge is 2.30. The molecule has 0 aromatic carbocycles. The number of carbonyl (C=O) groups is 1. The summed E-state index contributed by atoms with van der Waals surface area (Å²) in [6.07, 6.45) is 3.54. The van der Waals surface area contributed by atoms with Crippen molar-refractivity contribution >= 4 is 6.03 Å². The summed E-state index contributed by atoms with van der Waals surface area (Å²) in [7, 11) is 0. The largest absolute Gasteiger partial charge is 0.325 e. The highest BCUT2D eigenvalue weighted by molar-refractivity contribution is 5.75. The van der Waals surface area contributed by atoms with Crippen LogP contribution >= 0.6 is 0 Å². The van der Waals surface area contributed by atoms with E-state index >= 15 is 0 Å². The van der Waals surface area contributed by atoms with E-state index in [0.29, 0.717) is 13.1 Å². The number of aromatic nitrogens is 2. The van der Waals surface area contributed by atoms with Crippen molar-refractivity contribution in [2.75, 3.05) is 13.1 Å². The molecule has 3 heterocycles. The zero-order valence-electron chi connectivity index (χ0n) is 10.2. The van der Waals surface area contributed by atoms with Crippen LogP contribution in [-0.4, -0.2) is 39.1 Å². The fourth-order valence-corrected chi connectivity index (χ4v) is 2.69. The first-order valence-electron chi connectivity index (χ1n) is 6.32. The number of amides is 2. The SMILES string of the molecule is Cc1[nH]nc2c1CN(C(=O)N1CCCCC1)C2. The molecule has 2 aliphatic rings. The summed E-state index contributed by atoms with van der Waals surface area (Å²) >= 11 is 0. The topological polar surface area (TPSA) is 52.2 Å². The molecule has 17 heavy (non-hydrogen) atoms. The fraction of sp³-hybridized carbons (Fsp3) is 0.667. The van der Waals surface area contributed by atoms with Crippen LogP contribution < -0.4 is 0 Å². The number of likely N-dealkylation sites (tertiary alicyclic amines) is 1. The molecule has 0 bridgehead atoms. The number of urea groups is 1. The Morgan fingerprint density at radius 1 is 1.18 bits per heavy atom. The van der Waals surface area contributed by atoms with Crippen LogP contribution in [-0.2, 0) is 13.1 Å². The molecule has 3 rings (SSSR count). The lowest BCUT2D eigenvalue weighted by molar-refractivity contribution is 0.143. The number of rotatable bonds is 0. The van der Waals surface area contributed by atoms with Crippen molar-refractivity contribution in [1.82, 2.24) is 20.0 Å². The number of fused-ring (bicyclic) bond motifs is 1. The van der Waals surface area contributed by atoms with Gasteiger partial charge in [0.2, 0.25) is 0 Å². The lowest BCUT2D eigenvalue weighted by atomic mass is 10.1. The molecule has 92 valence electrons. The van der Waals surface area contributed by atoms with Gasteiger partial charge in [0.25, 0.3) is 0 Å². The summed E-state index contributed by atoms with van der Waals surface area (Å²) in [5, 5.41) is 7.21. The second-order valence-corrected chi connectivity index (χ2v) is 4.96. The maximum Gasteiger partial charge on any atom is 0.320 e. The van der Waals surface area contributed by atoms with E-state index in [1.54, 1.807) is 0 Å². The summed E-state index contributed by atoms with van der Waals surface area (Å²) in [6.45, 7) is 5.22. The molecule has 1 fully saturated rings. The van der Waals surface area contributed by atoms with Crippen LogP contribution in [0.1, 0.15) is 36.2 Å². The molecular formula is C12H18N4O. The van der Waals surface area contributed by atoms with Crippen molar-refractivity contribution in [3.63, 3.8) is 0 Å². The van der Waals surface area contributed by atoms with Gasteiger partial charge in [-0.05, 0) is 26.2 Å². The summed E-state index contributed by atoms with van der Waals surface area (Å²) in [5.74, 6) is 0. The first kappa shape index (κ1) is 10.6. The number of piperidine rings is 1. The molecular weight excluding hydrogens is 216 g/mol. The average molecular weight is 234 g/mol. The monoisotopic (exact) mass is 234 g/mol. The molecule has 0 unspecified atom stereocenters. The predicted molar refractivity (Wildman–Crippen MR) is 63.4 cm³/mol. The van der Waals surface area contributed by atoms with E-state index in [9.17, 15) is 4.79 Å². The summed E-state index contributed by atoms with van der Waals surface area (Å²) in [5.41, 5.74) is 3.33. The van der Waals surface area contributed by atoms with E-state index in [2.05, 4.69) is 10.2 Å². The smallest absolute Gasteiger partial charge is 0.320 e. The molecule has 0 radical (unpaired) electrons. The van der Waals surface area contributed by atoms with Crippen LogP contribution in [0.2, 0.25) is 0 Å². The van der Waals surface area contributed by atoms with Crippen LogP contribution in [0, 0.1) is 6.92 Å². The van der Waals surface area contributed by atoms with Gasteiger partial charge in [-0.25, -0.2) is 4.79 Å². The molecule has 0 spiro atoms. The quantitative estimate of drug-likeness (QED) is 0.742. The number of nitrogens with one attached hydrogen (secondary N) is 1. The standard InChI is InChI=1S/C12H18N4O/c1-9-10-7-16(8-11(10)14-13-9)12(17)15-5-3-2-4-6-15/h2-8H2,1H3,(H,13,14).